The molecule has 9 heteroatoms. The summed E-state index contributed by atoms with van der Waals surface area (Å²) >= 11 is 0. The van der Waals surface area contributed by atoms with Crippen LogP contribution >= 0.6 is 0 Å². The number of ether oxygens (including phenoxy) is 1. The zero-order valence-corrected chi connectivity index (χ0v) is 11.0. The molecular weight excluding hydrogens is 282 g/mol. The highest BCUT2D eigenvalue weighted by Gasteiger charge is 2.14. The number of benzene rings is 1. The number of anilines is 1. The molecule has 0 saturated carbocycles. The van der Waals surface area contributed by atoms with E-state index in [4.69, 9.17) is 15.6 Å². The van der Waals surface area contributed by atoms with E-state index in [1.165, 1.54) is 18.2 Å². The molecule has 0 radical (unpaired) electrons. The predicted molar refractivity (Wildman–Crippen MR) is 72.1 cm³/mol. The molecule has 0 aliphatic carbocycles. The van der Waals surface area contributed by atoms with E-state index in [1.807, 2.05) is 0 Å². The minimum atomic E-state index is -1.31. The van der Waals surface area contributed by atoms with Crippen molar-refractivity contribution in [1.29, 1.82) is 0 Å². The number of nitrogens with one attached hydrogen (secondary N) is 2. The lowest BCUT2D eigenvalue weighted by Crippen LogP contribution is -2.32. The fourth-order valence-electron chi connectivity index (χ4n) is 1.39. The lowest BCUT2D eigenvalue weighted by atomic mass is 10.2. The molecule has 3 amide bonds. The fourth-order valence-corrected chi connectivity index (χ4v) is 1.39. The molecule has 21 heavy (non-hydrogen) atoms. The molecule has 0 aromatic heterocycles. The predicted octanol–water partition coefficient (Wildman–Crippen LogP) is -0.286. The molecule has 0 atom stereocenters. The zero-order chi connectivity index (χ0) is 15.8. The molecule has 1 rings (SSSR count). The number of nitrogens with two attached hydrogens (primary N) is 1. The number of amides is 3. The van der Waals surface area contributed by atoms with E-state index in [9.17, 15) is 19.5 Å². The van der Waals surface area contributed by atoms with E-state index < -0.39 is 23.7 Å². The first-order valence-electron chi connectivity index (χ1n) is 5.88. The van der Waals surface area contributed by atoms with Crippen molar-refractivity contribution in [2.45, 2.75) is 0 Å². The SMILES string of the molecule is NC(=O)COCCNC(=O)Nc1cccc(C(=O)O)c1O. The summed E-state index contributed by atoms with van der Waals surface area (Å²) in [6.45, 7) is -0.0548. The summed E-state index contributed by atoms with van der Waals surface area (Å²) in [5, 5.41) is 23.2. The van der Waals surface area contributed by atoms with Crippen molar-refractivity contribution in [2.24, 2.45) is 5.73 Å². The number of primary amides is 1. The summed E-state index contributed by atoms with van der Waals surface area (Å²) in [5.41, 5.74) is 4.49. The van der Waals surface area contributed by atoms with Gasteiger partial charge in [0.1, 0.15) is 12.2 Å². The molecule has 0 spiro atoms. The third kappa shape index (κ3) is 5.37. The van der Waals surface area contributed by atoms with Gasteiger partial charge in [0.15, 0.2) is 5.75 Å². The molecule has 0 fully saturated rings. The summed E-state index contributed by atoms with van der Waals surface area (Å²) in [5.74, 6) is -2.46. The Kier molecular flexibility index (Phi) is 5.96. The lowest BCUT2D eigenvalue weighted by molar-refractivity contribution is -0.122. The Labute approximate surface area is 119 Å². The Morgan fingerprint density at radius 2 is 2.00 bits per heavy atom. The standard InChI is InChI=1S/C12H15N3O6/c13-9(16)6-21-5-4-14-12(20)15-8-3-1-2-7(10(8)17)11(18)19/h1-3,17H,4-6H2,(H2,13,16)(H,18,19)(H2,14,15,20). The van der Waals surface area contributed by atoms with Crippen molar-refractivity contribution < 1.29 is 29.3 Å². The topological polar surface area (TPSA) is 151 Å². The zero-order valence-electron chi connectivity index (χ0n) is 11.0. The molecule has 0 aliphatic heterocycles. The highest BCUT2D eigenvalue weighted by atomic mass is 16.5. The molecule has 0 aliphatic rings. The van der Waals surface area contributed by atoms with E-state index in [1.54, 1.807) is 0 Å². The summed E-state index contributed by atoms with van der Waals surface area (Å²) in [6, 6.07) is 3.29. The van der Waals surface area contributed by atoms with E-state index in [0.717, 1.165) is 0 Å². The van der Waals surface area contributed by atoms with Crippen molar-refractivity contribution >= 4 is 23.6 Å². The van der Waals surface area contributed by atoms with Crippen LogP contribution in [0.1, 0.15) is 10.4 Å². The van der Waals surface area contributed by atoms with Crippen molar-refractivity contribution in [3.8, 4) is 5.75 Å². The number of carboxylic acid groups (broad SMARTS) is 1. The van der Waals surface area contributed by atoms with Gasteiger partial charge in [0.2, 0.25) is 5.91 Å². The van der Waals surface area contributed by atoms with Crippen LogP contribution in [0.15, 0.2) is 18.2 Å². The van der Waals surface area contributed by atoms with Gasteiger partial charge in [0.25, 0.3) is 0 Å². The van der Waals surface area contributed by atoms with Gasteiger partial charge in [-0.25, -0.2) is 9.59 Å². The summed E-state index contributed by atoms with van der Waals surface area (Å²) in [4.78, 5) is 32.7. The van der Waals surface area contributed by atoms with Crippen molar-refractivity contribution in [2.75, 3.05) is 25.1 Å². The largest absolute Gasteiger partial charge is 0.505 e. The molecule has 0 unspecified atom stereocenters. The molecule has 114 valence electrons. The first-order chi connectivity index (χ1) is 9.91. The normalized spacial score (nSPS) is 9.90. The third-order valence-electron chi connectivity index (χ3n) is 2.29. The Bertz CT molecular complexity index is 546. The maximum atomic E-state index is 11.5. The van der Waals surface area contributed by atoms with Gasteiger partial charge >= 0.3 is 12.0 Å². The van der Waals surface area contributed by atoms with Gasteiger partial charge in [-0.05, 0) is 12.1 Å². The minimum absolute atomic E-state index is 0.0366. The number of carbonyl (C=O) groups excluding carboxylic acids is 2. The second-order valence-electron chi connectivity index (χ2n) is 3.91. The Morgan fingerprint density at radius 3 is 2.62 bits per heavy atom. The van der Waals surface area contributed by atoms with E-state index in [-0.39, 0.29) is 31.0 Å². The molecule has 0 heterocycles. The average Bonchev–Trinajstić information content (AvgIpc) is 2.40. The van der Waals surface area contributed by atoms with Crippen LogP contribution in [0.3, 0.4) is 0 Å². The second-order valence-corrected chi connectivity index (χ2v) is 3.91. The smallest absolute Gasteiger partial charge is 0.339 e. The van der Waals surface area contributed by atoms with Crippen molar-refractivity contribution in [1.82, 2.24) is 5.32 Å². The summed E-state index contributed by atoms with van der Waals surface area (Å²) in [6.07, 6.45) is 0. The van der Waals surface area contributed by atoms with Crippen LogP contribution in [0.2, 0.25) is 0 Å². The molecule has 6 N–H and O–H groups in total. The van der Waals surface area contributed by atoms with Crippen LogP contribution < -0.4 is 16.4 Å². The lowest BCUT2D eigenvalue weighted by Gasteiger charge is -2.10. The molecule has 1 aromatic rings. The molecule has 0 saturated heterocycles. The van der Waals surface area contributed by atoms with Crippen LogP contribution in [0.4, 0.5) is 10.5 Å². The second kappa shape index (κ2) is 7.70. The van der Waals surface area contributed by atoms with Gasteiger partial charge in [-0.1, -0.05) is 6.07 Å². The molecule has 1 aromatic carbocycles. The van der Waals surface area contributed by atoms with E-state index in [2.05, 4.69) is 10.6 Å². The number of urea groups is 1. The minimum Gasteiger partial charge on any atom is -0.505 e. The maximum Gasteiger partial charge on any atom is 0.339 e. The maximum absolute atomic E-state index is 11.5. The third-order valence-corrected chi connectivity index (χ3v) is 2.29. The highest BCUT2D eigenvalue weighted by molar-refractivity contribution is 5.97. The number of carbonyl (C=O) groups is 3. The van der Waals surface area contributed by atoms with Gasteiger partial charge in [0.05, 0.1) is 12.3 Å². The Morgan fingerprint density at radius 1 is 1.29 bits per heavy atom. The molecule has 9 nitrogen and oxygen atoms in total. The van der Waals surface area contributed by atoms with Crippen molar-refractivity contribution in [3.63, 3.8) is 0 Å². The quantitative estimate of drug-likeness (QED) is 0.344. The van der Waals surface area contributed by atoms with Gasteiger partial charge in [-0.2, -0.15) is 0 Å². The number of aromatic carboxylic acids is 1. The monoisotopic (exact) mass is 297 g/mol. The number of rotatable bonds is 7. The summed E-state index contributed by atoms with van der Waals surface area (Å²) in [7, 11) is 0. The number of para-hydroxylation sites is 1. The van der Waals surface area contributed by atoms with Crippen LogP contribution in [0, 0.1) is 0 Å². The molecule has 0 bridgehead atoms. The van der Waals surface area contributed by atoms with E-state index in [0.29, 0.717) is 0 Å². The van der Waals surface area contributed by atoms with Crippen LogP contribution in [-0.4, -0.2) is 47.9 Å². The van der Waals surface area contributed by atoms with Gasteiger partial charge in [0, 0.05) is 6.54 Å². The number of hydrogen-bond donors (Lipinski definition) is 5. The Balaban J connectivity index is 2.46. The first-order valence-corrected chi connectivity index (χ1v) is 5.88. The Hall–Kier alpha value is -2.81. The summed E-state index contributed by atoms with van der Waals surface area (Å²) < 4.78 is 4.83. The number of carboxylic acids is 1. The number of aromatic hydroxyl groups is 1. The number of hydrogen-bond acceptors (Lipinski definition) is 5. The van der Waals surface area contributed by atoms with E-state index >= 15 is 0 Å². The molecular formula is C12H15N3O6. The van der Waals surface area contributed by atoms with Crippen molar-refractivity contribution in [3.05, 3.63) is 23.8 Å². The first kappa shape index (κ1) is 16.2. The van der Waals surface area contributed by atoms with Crippen LogP contribution in [0.25, 0.3) is 0 Å². The highest BCUT2D eigenvalue weighted by Crippen LogP contribution is 2.27. The van der Waals surface area contributed by atoms with Crippen LogP contribution in [-0.2, 0) is 9.53 Å². The van der Waals surface area contributed by atoms with Crippen LogP contribution in [0.5, 0.6) is 5.75 Å². The average molecular weight is 297 g/mol. The van der Waals surface area contributed by atoms with Gasteiger partial charge in [-0.15, -0.1) is 0 Å². The fraction of sp³-hybridized carbons (Fsp3) is 0.250. The van der Waals surface area contributed by atoms with Gasteiger partial charge in [-0.3, -0.25) is 4.79 Å². The van der Waals surface area contributed by atoms with Gasteiger partial charge < -0.3 is 31.3 Å². The number of phenols is 1.